The van der Waals surface area contributed by atoms with E-state index >= 15 is 0 Å². The predicted octanol–water partition coefficient (Wildman–Crippen LogP) is 8.97. The molecule has 1 radical (unpaired) electrons. The van der Waals surface area contributed by atoms with Gasteiger partial charge in [-0.3, -0.25) is 0 Å². The van der Waals surface area contributed by atoms with Gasteiger partial charge in [0.15, 0.2) is 0 Å². The molecule has 0 aliphatic heterocycles. The van der Waals surface area contributed by atoms with Gasteiger partial charge in [0.1, 0.15) is 0 Å². The van der Waals surface area contributed by atoms with Crippen LogP contribution in [0.3, 0.4) is 0 Å². The monoisotopic (exact) mass is 689 g/mol. The van der Waals surface area contributed by atoms with Crippen molar-refractivity contribution in [2.75, 3.05) is 0 Å². The molecule has 7 aromatic rings. The fourth-order valence-corrected chi connectivity index (χ4v) is 5.64. The minimum Gasteiger partial charge on any atom is -0.305 e. The number of rotatable bonds is 2. The first kappa shape index (κ1) is 25.8. The Morgan fingerprint density at radius 3 is 1.80 bits per heavy atom. The third-order valence-electron chi connectivity index (χ3n) is 7.34. The Bertz CT molecular complexity index is 1880. The van der Waals surface area contributed by atoms with Crippen molar-refractivity contribution in [3.05, 3.63) is 157 Å². The van der Waals surface area contributed by atoms with E-state index in [9.17, 15) is 0 Å². The van der Waals surface area contributed by atoms with Gasteiger partial charge in [0.25, 0.3) is 0 Å². The molecule has 3 heteroatoms. The van der Waals surface area contributed by atoms with E-state index in [0.717, 1.165) is 28.9 Å². The number of hydrogen-bond acceptors (Lipinski definition) is 2. The van der Waals surface area contributed by atoms with E-state index in [-0.39, 0.29) is 20.1 Å². The second kappa shape index (κ2) is 11.4. The topological polar surface area (TPSA) is 25.8 Å². The summed E-state index contributed by atoms with van der Waals surface area (Å²) in [6.45, 7) is 0. The fourth-order valence-electron chi connectivity index (χ4n) is 5.64. The largest absolute Gasteiger partial charge is 0.305 e. The zero-order valence-electron chi connectivity index (χ0n) is 21.6. The van der Waals surface area contributed by atoms with Gasteiger partial charge in [-0.1, -0.05) is 78.4 Å². The van der Waals surface area contributed by atoms with Crippen molar-refractivity contribution in [3.63, 3.8) is 0 Å². The molecule has 2 nitrogen and oxygen atoms in total. The minimum atomic E-state index is 0. The van der Waals surface area contributed by atoms with Crippen LogP contribution in [0.1, 0.15) is 11.1 Å². The summed E-state index contributed by atoms with van der Waals surface area (Å²) in [5.74, 6) is 0. The van der Waals surface area contributed by atoms with E-state index < -0.39 is 0 Å². The molecule has 0 fully saturated rings. The van der Waals surface area contributed by atoms with Crippen molar-refractivity contribution in [2.45, 2.75) is 6.42 Å². The van der Waals surface area contributed by atoms with E-state index in [0.29, 0.717) is 0 Å². The third-order valence-corrected chi connectivity index (χ3v) is 7.34. The average molecular weight is 689 g/mol. The summed E-state index contributed by atoms with van der Waals surface area (Å²) in [4.78, 5) is 8.80. The standard InChI is InChI=1S/C26H16N.C11H8N.Ir/c1-2-10-19-17(8-1)18-9-3-4-11-21(18)26-22-13-7-12-20(23(22)16-24(19)26)25-14-5-6-15-27-25;1-2-6-10(7-3-1)11-8-4-5-9-12-11;/h1-11,13-15H,16H2;1-6,8-9H;/q2*-1;. The van der Waals surface area contributed by atoms with E-state index in [1.807, 2.05) is 66.9 Å². The maximum absolute atomic E-state index is 4.58. The Morgan fingerprint density at radius 1 is 0.500 bits per heavy atom. The van der Waals surface area contributed by atoms with Crippen molar-refractivity contribution >= 4 is 21.5 Å². The average Bonchev–Trinajstić information content (AvgIpc) is 3.43. The Morgan fingerprint density at radius 2 is 1.12 bits per heavy atom. The molecule has 40 heavy (non-hydrogen) atoms. The molecule has 193 valence electrons. The zero-order valence-corrected chi connectivity index (χ0v) is 24.0. The molecular formula is C37H24IrN2-2. The van der Waals surface area contributed by atoms with Gasteiger partial charge in [-0.2, -0.15) is 0 Å². The van der Waals surface area contributed by atoms with Crippen LogP contribution in [0.2, 0.25) is 0 Å². The molecule has 0 unspecified atom stereocenters. The maximum Gasteiger partial charge on any atom is 0.0160 e. The summed E-state index contributed by atoms with van der Waals surface area (Å²) in [7, 11) is 0. The van der Waals surface area contributed by atoms with Gasteiger partial charge in [0.2, 0.25) is 0 Å². The van der Waals surface area contributed by atoms with Gasteiger partial charge >= 0.3 is 0 Å². The first-order valence-corrected chi connectivity index (χ1v) is 13.1. The number of fused-ring (bicyclic) bond motifs is 8. The molecule has 0 spiro atoms. The van der Waals surface area contributed by atoms with E-state index in [2.05, 4.69) is 82.8 Å². The van der Waals surface area contributed by atoms with E-state index in [4.69, 9.17) is 0 Å². The van der Waals surface area contributed by atoms with Crippen LogP contribution in [0, 0.1) is 12.1 Å². The Balaban J connectivity index is 0.000000188. The Hall–Kier alpha value is -4.43. The molecule has 0 saturated heterocycles. The SMILES string of the molecule is [Ir].[c-]1ccc2c(c1-c1ccccn1)Cc1c-2c2ccccc2c2ccccc12.[c-]1ccccc1-c1ccccn1. The third kappa shape index (κ3) is 4.64. The molecule has 0 N–H and O–H groups in total. The molecule has 0 bridgehead atoms. The van der Waals surface area contributed by atoms with Crippen LogP contribution in [-0.2, 0) is 26.5 Å². The van der Waals surface area contributed by atoms with Crippen molar-refractivity contribution in [2.24, 2.45) is 0 Å². The van der Waals surface area contributed by atoms with Gasteiger partial charge in [-0.25, -0.2) is 0 Å². The van der Waals surface area contributed by atoms with Gasteiger partial charge in [0.05, 0.1) is 0 Å². The number of benzene rings is 5. The molecule has 0 amide bonds. The van der Waals surface area contributed by atoms with Gasteiger partial charge in [-0.15, -0.1) is 65.2 Å². The van der Waals surface area contributed by atoms with Gasteiger partial charge in [-0.05, 0) is 62.6 Å². The quantitative estimate of drug-likeness (QED) is 0.134. The first-order valence-electron chi connectivity index (χ1n) is 13.1. The Labute approximate surface area is 247 Å². The number of pyridine rings is 2. The summed E-state index contributed by atoms with van der Waals surface area (Å²) in [5.41, 5.74) is 9.60. The smallest absolute Gasteiger partial charge is 0.0160 e. The molecule has 0 atom stereocenters. The van der Waals surface area contributed by atoms with Gasteiger partial charge < -0.3 is 9.97 Å². The summed E-state index contributed by atoms with van der Waals surface area (Å²) in [5, 5.41) is 5.35. The number of nitrogens with zero attached hydrogens (tertiary/aromatic N) is 2. The van der Waals surface area contributed by atoms with Crippen LogP contribution >= 0.6 is 0 Å². The van der Waals surface area contributed by atoms with Crippen LogP contribution < -0.4 is 0 Å². The molecule has 1 aliphatic rings. The summed E-state index contributed by atoms with van der Waals surface area (Å²) in [6, 6.07) is 48.2. The number of hydrogen-bond donors (Lipinski definition) is 0. The zero-order chi connectivity index (χ0) is 26.0. The predicted molar refractivity (Wildman–Crippen MR) is 160 cm³/mol. The van der Waals surface area contributed by atoms with Crippen molar-refractivity contribution in [3.8, 4) is 33.6 Å². The van der Waals surface area contributed by atoms with Crippen LogP contribution in [0.15, 0.2) is 134 Å². The van der Waals surface area contributed by atoms with Crippen molar-refractivity contribution in [1.29, 1.82) is 0 Å². The summed E-state index contributed by atoms with van der Waals surface area (Å²) in [6.07, 6.45) is 4.57. The second-order valence-corrected chi connectivity index (χ2v) is 9.57. The molecular weight excluding hydrogens is 665 g/mol. The van der Waals surface area contributed by atoms with Crippen LogP contribution in [0.4, 0.5) is 0 Å². The van der Waals surface area contributed by atoms with E-state index in [1.54, 1.807) is 6.20 Å². The first-order chi connectivity index (χ1) is 19.4. The van der Waals surface area contributed by atoms with Gasteiger partial charge in [0, 0.05) is 32.5 Å². The fraction of sp³-hybridized carbons (Fsp3) is 0.0270. The maximum atomic E-state index is 4.58. The Kier molecular flexibility index (Phi) is 7.33. The minimum absolute atomic E-state index is 0. The summed E-state index contributed by atoms with van der Waals surface area (Å²) < 4.78 is 0. The van der Waals surface area contributed by atoms with E-state index in [1.165, 1.54) is 43.8 Å². The van der Waals surface area contributed by atoms with Crippen molar-refractivity contribution in [1.82, 2.24) is 9.97 Å². The molecule has 2 aromatic heterocycles. The summed E-state index contributed by atoms with van der Waals surface area (Å²) >= 11 is 0. The molecule has 5 aromatic carbocycles. The molecule has 0 saturated carbocycles. The van der Waals surface area contributed by atoms with Crippen LogP contribution in [0.25, 0.3) is 55.2 Å². The van der Waals surface area contributed by atoms with Crippen LogP contribution in [-0.4, -0.2) is 9.97 Å². The van der Waals surface area contributed by atoms with Crippen molar-refractivity contribution < 1.29 is 20.1 Å². The molecule has 8 rings (SSSR count). The molecule has 2 heterocycles. The van der Waals surface area contributed by atoms with Crippen LogP contribution in [0.5, 0.6) is 0 Å². The normalized spacial score (nSPS) is 11.2. The molecule has 1 aliphatic carbocycles. The number of aromatic nitrogens is 2. The second-order valence-electron chi connectivity index (χ2n) is 9.57.